The molecule has 2 aliphatic rings. The molecule has 0 aliphatic carbocycles. The van der Waals surface area contributed by atoms with Gasteiger partial charge in [-0.15, -0.1) is 11.6 Å². The Bertz CT molecular complexity index is 267. The first kappa shape index (κ1) is 14.1. The molecule has 2 unspecified atom stereocenters. The molecule has 1 amide bonds. The lowest BCUT2D eigenvalue weighted by molar-refractivity contribution is -0.136. The predicted molar refractivity (Wildman–Crippen MR) is 72.9 cm³/mol. The van der Waals surface area contributed by atoms with Gasteiger partial charge in [0.05, 0.1) is 12.1 Å². The van der Waals surface area contributed by atoms with Crippen LogP contribution in [0.15, 0.2) is 0 Å². The smallest absolute Gasteiger partial charge is 0.222 e. The van der Waals surface area contributed by atoms with Crippen LogP contribution in [0, 0.1) is 0 Å². The van der Waals surface area contributed by atoms with E-state index in [9.17, 15) is 4.79 Å². The highest BCUT2D eigenvalue weighted by Gasteiger charge is 2.35. The highest BCUT2D eigenvalue weighted by atomic mass is 35.5. The molecule has 3 nitrogen and oxygen atoms in total. The van der Waals surface area contributed by atoms with E-state index in [-0.39, 0.29) is 0 Å². The van der Waals surface area contributed by atoms with Gasteiger partial charge >= 0.3 is 0 Å². The van der Waals surface area contributed by atoms with E-state index in [0.717, 1.165) is 45.3 Å². The molecule has 2 fully saturated rings. The highest BCUT2D eigenvalue weighted by molar-refractivity contribution is 6.17. The zero-order valence-corrected chi connectivity index (χ0v) is 11.8. The van der Waals surface area contributed by atoms with Crippen LogP contribution in [0.3, 0.4) is 0 Å². The quantitative estimate of drug-likeness (QED) is 0.569. The molecule has 104 valence electrons. The molecule has 0 saturated carbocycles. The number of carbonyl (C=O) groups excluding carboxylic acids is 1. The Morgan fingerprint density at radius 3 is 2.83 bits per heavy atom. The predicted octanol–water partition coefficient (Wildman–Crippen LogP) is 2.96. The molecule has 0 aromatic rings. The molecule has 2 saturated heterocycles. The lowest BCUT2D eigenvalue weighted by Gasteiger charge is -2.34. The number of rotatable bonds is 5. The fourth-order valence-electron chi connectivity index (χ4n) is 3.07. The number of amides is 1. The minimum Gasteiger partial charge on any atom is -0.376 e. The largest absolute Gasteiger partial charge is 0.376 e. The Morgan fingerprint density at radius 1 is 1.22 bits per heavy atom. The van der Waals surface area contributed by atoms with Crippen molar-refractivity contribution < 1.29 is 9.53 Å². The Balaban J connectivity index is 1.84. The molecule has 0 aromatic heterocycles. The van der Waals surface area contributed by atoms with Gasteiger partial charge in [-0.2, -0.15) is 0 Å². The summed E-state index contributed by atoms with van der Waals surface area (Å²) in [6.45, 7) is 1.79. The number of unbranched alkanes of at least 4 members (excludes halogenated alkanes) is 1. The maximum Gasteiger partial charge on any atom is 0.222 e. The van der Waals surface area contributed by atoms with Crippen LogP contribution in [0.5, 0.6) is 0 Å². The zero-order chi connectivity index (χ0) is 12.8. The molecule has 2 aliphatic heterocycles. The summed E-state index contributed by atoms with van der Waals surface area (Å²) in [6, 6.07) is 0.341. The van der Waals surface area contributed by atoms with Gasteiger partial charge in [0.25, 0.3) is 0 Å². The molecule has 0 aromatic carbocycles. The summed E-state index contributed by atoms with van der Waals surface area (Å²) in [4.78, 5) is 14.3. The average Bonchev–Trinajstić information content (AvgIpc) is 2.89. The fraction of sp³-hybridized carbons (Fsp3) is 0.929. The number of nitrogens with zero attached hydrogens (tertiary/aromatic N) is 1. The average molecular weight is 274 g/mol. The van der Waals surface area contributed by atoms with Gasteiger partial charge in [0.1, 0.15) is 0 Å². The van der Waals surface area contributed by atoms with Crippen LogP contribution >= 0.6 is 11.6 Å². The molecule has 2 atom stereocenters. The standard InChI is InChI=1S/C14H24ClNO2/c15-9-3-1-8-14(17)16-10-5-6-12(16)13-7-2-4-11-18-13/h12-13H,1-11H2. The molecule has 18 heavy (non-hydrogen) atoms. The van der Waals surface area contributed by atoms with E-state index in [1.807, 2.05) is 0 Å². The van der Waals surface area contributed by atoms with Gasteiger partial charge < -0.3 is 9.64 Å². The SMILES string of the molecule is O=C(CCCCCl)N1CCCC1C1CCCCO1. The van der Waals surface area contributed by atoms with Crippen molar-refractivity contribution in [1.29, 1.82) is 0 Å². The van der Waals surface area contributed by atoms with Gasteiger partial charge in [0.2, 0.25) is 5.91 Å². The molecular formula is C14H24ClNO2. The maximum atomic E-state index is 12.2. The molecule has 0 radical (unpaired) electrons. The van der Waals surface area contributed by atoms with Crippen LogP contribution in [-0.2, 0) is 9.53 Å². The van der Waals surface area contributed by atoms with Crippen LogP contribution in [0.1, 0.15) is 51.4 Å². The molecule has 4 heteroatoms. The van der Waals surface area contributed by atoms with Crippen molar-refractivity contribution in [3.05, 3.63) is 0 Å². The Labute approximate surface area is 115 Å². The molecular weight excluding hydrogens is 250 g/mol. The lowest BCUT2D eigenvalue weighted by Crippen LogP contribution is -2.44. The minimum absolute atomic E-state index is 0.290. The lowest BCUT2D eigenvalue weighted by atomic mass is 10.00. The first-order chi connectivity index (χ1) is 8.83. The van der Waals surface area contributed by atoms with E-state index >= 15 is 0 Å². The number of halogens is 1. The second kappa shape index (κ2) is 7.34. The van der Waals surface area contributed by atoms with Gasteiger partial charge in [0, 0.05) is 25.5 Å². The number of carbonyl (C=O) groups is 1. The maximum absolute atomic E-state index is 12.2. The Morgan fingerprint density at radius 2 is 2.11 bits per heavy atom. The number of alkyl halides is 1. The van der Waals surface area contributed by atoms with Crippen molar-refractivity contribution in [3.63, 3.8) is 0 Å². The number of hydrogen-bond donors (Lipinski definition) is 0. The zero-order valence-electron chi connectivity index (χ0n) is 11.1. The van der Waals surface area contributed by atoms with Crippen molar-refractivity contribution in [2.45, 2.75) is 63.5 Å². The van der Waals surface area contributed by atoms with E-state index in [2.05, 4.69) is 4.90 Å². The van der Waals surface area contributed by atoms with Crippen molar-refractivity contribution in [2.75, 3.05) is 19.0 Å². The van der Waals surface area contributed by atoms with Gasteiger partial charge in [-0.05, 0) is 44.9 Å². The van der Waals surface area contributed by atoms with Crippen LogP contribution in [-0.4, -0.2) is 42.0 Å². The van der Waals surface area contributed by atoms with Gasteiger partial charge in [-0.1, -0.05) is 0 Å². The summed E-state index contributed by atoms with van der Waals surface area (Å²) in [5.41, 5.74) is 0. The van der Waals surface area contributed by atoms with Crippen LogP contribution in [0.25, 0.3) is 0 Å². The van der Waals surface area contributed by atoms with Crippen molar-refractivity contribution >= 4 is 17.5 Å². The molecule has 0 bridgehead atoms. The molecule has 0 N–H and O–H groups in total. The minimum atomic E-state index is 0.290. The first-order valence-electron chi connectivity index (χ1n) is 7.30. The van der Waals surface area contributed by atoms with E-state index in [0.29, 0.717) is 30.4 Å². The molecule has 0 spiro atoms. The summed E-state index contributed by atoms with van der Waals surface area (Å²) in [6.07, 6.45) is 8.58. The number of hydrogen-bond acceptors (Lipinski definition) is 2. The third-order valence-electron chi connectivity index (χ3n) is 4.04. The van der Waals surface area contributed by atoms with E-state index < -0.39 is 0 Å². The monoisotopic (exact) mass is 273 g/mol. The van der Waals surface area contributed by atoms with Crippen molar-refractivity contribution in [3.8, 4) is 0 Å². The van der Waals surface area contributed by atoms with Gasteiger partial charge in [-0.25, -0.2) is 0 Å². The normalized spacial score (nSPS) is 28.6. The summed E-state index contributed by atoms with van der Waals surface area (Å²) in [7, 11) is 0. The van der Waals surface area contributed by atoms with Gasteiger partial charge in [-0.3, -0.25) is 4.79 Å². The van der Waals surface area contributed by atoms with Crippen molar-refractivity contribution in [1.82, 2.24) is 4.90 Å². The fourth-order valence-corrected chi connectivity index (χ4v) is 3.26. The second-order valence-corrected chi connectivity index (χ2v) is 5.73. The third-order valence-corrected chi connectivity index (χ3v) is 4.31. The molecule has 2 rings (SSSR count). The number of likely N-dealkylation sites (tertiary alicyclic amines) is 1. The topological polar surface area (TPSA) is 29.5 Å². The first-order valence-corrected chi connectivity index (χ1v) is 7.83. The number of ether oxygens (including phenoxy) is 1. The Kier molecular flexibility index (Phi) is 5.77. The highest BCUT2D eigenvalue weighted by Crippen LogP contribution is 2.28. The Hall–Kier alpha value is -0.280. The van der Waals surface area contributed by atoms with E-state index in [4.69, 9.17) is 16.3 Å². The second-order valence-electron chi connectivity index (χ2n) is 5.35. The summed E-state index contributed by atoms with van der Waals surface area (Å²) in [5, 5.41) is 0. The van der Waals surface area contributed by atoms with Crippen LogP contribution in [0.4, 0.5) is 0 Å². The van der Waals surface area contributed by atoms with E-state index in [1.165, 1.54) is 12.8 Å². The third kappa shape index (κ3) is 3.61. The summed E-state index contributed by atoms with van der Waals surface area (Å²) < 4.78 is 5.85. The van der Waals surface area contributed by atoms with Crippen LogP contribution in [0.2, 0.25) is 0 Å². The van der Waals surface area contributed by atoms with Gasteiger partial charge in [0.15, 0.2) is 0 Å². The van der Waals surface area contributed by atoms with Crippen molar-refractivity contribution in [2.24, 2.45) is 0 Å². The summed E-state index contributed by atoms with van der Waals surface area (Å²) in [5.74, 6) is 0.958. The van der Waals surface area contributed by atoms with Crippen LogP contribution < -0.4 is 0 Å². The summed E-state index contributed by atoms with van der Waals surface area (Å²) >= 11 is 5.65. The van der Waals surface area contributed by atoms with E-state index in [1.54, 1.807) is 0 Å². The molecule has 2 heterocycles.